The number of carbonyl (C=O) groups excluding carboxylic acids is 1. The molecule has 5 rings (SSSR count). The van der Waals surface area contributed by atoms with Crippen molar-refractivity contribution in [2.45, 2.75) is 44.8 Å². The third kappa shape index (κ3) is 5.00. The Hall–Kier alpha value is -2.37. The largest absolute Gasteiger partial charge is 0.364 e. The van der Waals surface area contributed by atoms with Crippen molar-refractivity contribution in [3.63, 3.8) is 0 Å². The second-order valence-corrected chi connectivity index (χ2v) is 9.62. The van der Waals surface area contributed by atoms with E-state index in [2.05, 4.69) is 74.2 Å². The lowest BCUT2D eigenvalue weighted by Crippen LogP contribution is -2.56. The van der Waals surface area contributed by atoms with Crippen molar-refractivity contribution in [3.8, 4) is 0 Å². The molecule has 5 nitrogen and oxygen atoms in total. The monoisotopic (exact) mass is 432 g/mol. The molecule has 2 aromatic carbocycles. The van der Waals surface area contributed by atoms with Gasteiger partial charge < -0.3 is 14.7 Å². The molecule has 0 radical (unpaired) electrons. The van der Waals surface area contributed by atoms with Gasteiger partial charge in [0.25, 0.3) is 0 Å². The highest BCUT2D eigenvalue weighted by Crippen LogP contribution is 2.30. The summed E-state index contributed by atoms with van der Waals surface area (Å²) in [6.07, 6.45) is 4.53. The molecular formula is C27H36N4O. The van der Waals surface area contributed by atoms with Gasteiger partial charge in [-0.25, -0.2) is 0 Å². The van der Waals surface area contributed by atoms with Crippen LogP contribution in [0.3, 0.4) is 0 Å². The summed E-state index contributed by atoms with van der Waals surface area (Å²) in [5.74, 6) is 0.312. The van der Waals surface area contributed by atoms with Crippen molar-refractivity contribution in [3.05, 3.63) is 65.7 Å². The summed E-state index contributed by atoms with van der Waals surface area (Å²) in [6, 6.07) is 19.8. The highest BCUT2D eigenvalue weighted by Gasteiger charge is 2.34. The molecule has 3 aliphatic heterocycles. The number of piperidine rings is 1. The fourth-order valence-electron chi connectivity index (χ4n) is 5.61. The molecule has 0 spiro atoms. The third-order valence-corrected chi connectivity index (χ3v) is 7.35. The van der Waals surface area contributed by atoms with Gasteiger partial charge in [0, 0.05) is 57.9 Å². The molecule has 5 heteroatoms. The van der Waals surface area contributed by atoms with Gasteiger partial charge in [0.2, 0.25) is 5.91 Å². The second kappa shape index (κ2) is 10.1. The quantitative estimate of drug-likeness (QED) is 0.722. The van der Waals surface area contributed by atoms with E-state index in [4.69, 9.17) is 0 Å². The van der Waals surface area contributed by atoms with Crippen LogP contribution < -0.4 is 4.90 Å². The van der Waals surface area contributed by atoms with Gasteiger partial charge >= 0.3 is 0 Å². The molecule has 170 valence electrons. The Kier molecular flexibility index (Phi) is 6.75. The van der Waals surface area contributed by atoms with E-state index in [0.717, 1.165) is 58.9 Å². The summed E-state index contributed by atoms with van der Waals surface area (Å²) in [7, 11) is 0. The fraction of sp³-hybridized carbons (Fsp3) is 0.519. The fourth-order valence-corrected chi connectivity index (χ4v) is 5.61. The van der Waals surface area contributed by atoms with Crippen molar-refractivity contribution in [2.75, 3.05) is 50.7 Å². The smallest absolute Gasteiger partial charge is 0.224 e. The van der Waals surface area contributed by atoms with Crippen molar-refractivity contribution in [2.24, 2.45) is 0 Å². The topological polar surface area (TPSA) is 30.0 Å². The van der Waals surface area contributed by atoms with Gasteiger partial charge in [-0.05, 0) is 43.1 Å². The van der Waals surface area contributed by atoms with Crippen LogP contribution in [0.5, 0.6) is 0 Å². The molecule has 0 bridgehead atoms. The van der Waals surface area contributed by atoms with Crippen LogP contribution in [0.4, 0.5) is 5.69 Å². The van der Waals surface area contributed by atoms with Crippen LogP contribution in [0, 0.1) is 0 Å². The number of rotatable bonds is 5. The molecule has 0 N–H and O–H groups in total. The van der Waals surface area contributed by atoms with Crippen molar-refractivity contribution in [1.82, 2.24) is 14.7 Å². The maximum Gasteiger partial charge on any atom is 0.224 e. The van der Waals surface area contributed by atoms with Gasteiger partial charge in [-0.3, -0.25) is 9.69 Å². The number of amides is 1. The SMILES string of the molecule is O=C(CCN1CCCCC1)N1Cc2ccccc2N2CCN(Cc3ccccc3)CC2C1. The Morgan fingerprint density at radius 1 is 0.812 bits per heavy atom. The first-order chi connectivity index (χ1) is 15.8. The standard InChI is InChI=1S/C27H36N4O/c32-27(13-16-28-14-7-2-8-15-28)30-20-24-11-5-6-12-26(24)31-18-17-29(21-25(31)22-30)19-23-9-3-1-4-10-23/h1,3-6,9-12,25H,2,7-8,13-22H2. The molecule has 1 amide bonds. The number of hydrogen-bond acceptors (Lipinski definition) is 4. The molecule has 32 heavy (non-hydrogen) atoms. The normalized spacial score (nSPS) is 22.2. The Labute approximate surface area is 192 Å². The molecule has 0 aromatic heterocycles. The molecule has 3 heterocycles. The first kappa shape index (κ1) is 21.5. The predicted molar refractivity (Wildman–Crippen MR) is 130 cm³/mol. The number of piperazine rings is 1. The summed E-state index contributed by atoms with van der Waals surface area (Å²) in [5, 5.41) is 0. The lowest BCUT2D eigenvalue weighted by atomic mass is 10.1. The average Bonchev–Trinajstić information content (AvgIpc) is 3.00. The number of likely N-dealkylation sites (tertiary alicyclic amines) is 1. The highest BCUT2D eigenvalue weighted by atomic mass is 16.2. The first-order valence-electron chi connectivity index (χ1n) is 12.4. The van der Waals surface area contributed by atoms with E-state index in [0.29, 0.717) is 18.4 Å². The summed E-state index contributed by atoms with van der Waals surface area (Å²) < 4.78 is 0. The van der Waals surface area contributed by atoms with Crippen LogP contribution in [0.2, 0.25) is 0 Å². The number of carbonyl (C=O) groups is 1. The summed E-state index contributed by atoms with van der Waals surface area (Å²) in [5.41, 5.74) is 3.98. The van der Waals surface area contributed by atoms with E-state index in [1.54, 1.807) is 0 Å². The minimum absolute atomic E-state index is 0.312. The van der Waals surface area contributed by atoms with Gasteiger partial charge in [0.05, 0.1) is 6.04 Å². The van der Waals surface area contributed by atoms with Gasteiger partial charge in [0.1, 0.15) is 0 Å². The number of nitrogens with zero attached hydrogens (tertiary/aromatic N) is 4. The maximum atomic E-state index is 13.3. The van der Waals surface area contributed by atoms with E-state index < -0.39 is 0 Å². The number of para-hydroxylation sites is 1. The molecular weight excluding hydrogens is 396 g/mol. The zero-order chi connectivity index (χ0) is 21.8. The lowest BCUT2D eigenvalue weighted by molar-refractivity contribution is -0.132. The van der Waals surface area contributed by atoms with Gasteiger partial charge in [-0.15, -0.1) is 0 Å². The Bertz CT molecular complexity index is 896. The van der Waals surface area contributed by atoms with Crippen LogP contribution in [0.1, 0.15) is 36.8 Å². The minimum Gasteiger partial charge on any atom is -0.364 e. The zero-order valence-corrected chi connectivity index (χ0v) is 19.2. The maximum absolute atomic E-state index is 13.3. The van der Waals surface area contributed by atoms with Crippen LogP contribution in [-0.2, 0) is 17.9 Å². The molecule has 2 fully saturated rings. The molecule has 0 saturated carbocycles. The molecule has 1 atom stereocenters. The van der Waals surface area contributed by atoms with E-state index in [1.165, 1.54) is 36.1 Å². The van der Waals surface area contributed by atoms with Gasteiger partial charge in [0.15, 0.2) is 0 Å². The zero-order valence-electron chi connectivity index (χ0n) is 19.2. The average molecular weight is 433 g/mol. The van der Waals surface area contributed by atoms with Crippen LogP contribution in [-0.4, -0.2) is 72.5 Å². The summed E-state index contributed by atoms with van der Waals surface area (Å²) >= 11 is 0. The number of hydrogen-bond donors (Lipinski definition) is 0. The number of anilines is 1. The minimum atomic E-state index is 0.312. The summed E-state index contributed by atoms with van der Waals surface area (Å²) in [6.45, 7) is 8.83. The molecule has 0 aliphatic carbocycles. The third-order valence-electron chi connectivity index (χ3n) is 7.35. The highest BCUT2D eigenvalue weighted by molar-refractivity contribution is 5.77. The van der Waals surface area contributed by atoms with Crippen molar-refractivity contribution >= 4 is 11.6 Å². The Morgan fingerprint density at radius 3 is 2.44 bits per heavy atom. The van der Waals surface area contributed by atoms with Crippen LogP contribution in [0.15, 0.2) is 54.6 Å². The number of benzene rings is 2. The van der Waals surface area contributed by atoms with Gasteiger partial charge in [-0.2, -0.15) is 0 Å². The Morgan fingerprint density at radius 2 is 1.59 bits per heavy atom. The molecule has 3 aliphatic rings. The van der Waals surface area contributed by atoms with E-state index in [9.17, 15) is 4.79 Å². The Balaban J connectivity index is 1.29. The summed E-state index contributed by atoms with van der Waals surface area (Å²) in [4.78, 5) is 23.1. The molecule has 1 unspecified atom stereocenters. The molecule has 2 saturated heterocycles. The van der Waals surface area contributed by atoms with E-state index in [-0.39, 0.29) is 0 Å². The van der Waals surface area contributed by atoms with E-state index in [1.807, 2.05) is 0 Å². The van der Waals surface area contributed by atoms with E-state index >= 15 is 0 Å². The predicted octanol–water partition coefficient (Wildman–Crippen LogP) is 3.60. The van der Waals surface area contributed by atoms with Crippen molar-refractivity contribution < 1.29 is 4.79 Å². The van der Waals surface area contributed by atoms with Crippen molar-refractivity contribution in [1.29, 1.82) is 0 Å². The van der Waals surface area contributed by atoms with Crippen LogP contribution >= 0.6 is 0 Å². The number of fused-ring (bicyclic) bond motifs is 3. The second-order valence-electron chi connectivity index (χ2n) is 9.62. The molecule has 2 aromatic rings. The van der Waals surface area contributed by atoms with Crippen LogP contribution in [0.25, 0.3) is 0 Å². The van der Waals surface area contributed by atoms with Gasteiger partial charge in [-0.1, -0.05) is 55.0 Å². The first-order valence-corrected chi connectivity index (χ1v) is 12.4. The lowest BCUT2D eigenvalue weighted by Gasteiger charge is -2.43.